The van der Waals surface area contributed by atoms with Crippen molar-refractivity contribution >= 4 is 25.4 Å². The van der Waals surface area contributed by atoms with Crippen LogP contribution in [-0.4, -0.2) is 42.7 Å². The van der Waals surface area contributed by atoms with E-state index in [1.165, 1.54) is 0 Å². The van der Waals surface area contributed by atoms with Crippen molar-refractivity contribution < 1.29 is 28.4 Å². The molecule has 0 radical (unpaired) electrons. The Kier molecular flexibility index (Phi) is 9.28. The summed E-state index contributed by atoms with van der Waals surface area (Å²) in [5.74, 6) is 0. The van der Waals surface area contributed by atoms with Gasteiger partial charge in [0.05, 0.1) is 11.2 Å². The number of carbonyl (C=O) groups is 2. The van der Waals surface area contributed by atoms with E-state index in [-0.39, 0.29) is 13.2 Å². The third-order valence-corrected chi connectivity index (χ3v) is 6.34. The van der Waals surface area contributed by atoms with Crippen LogP contribution in [0.1, 0.15) is 65.2 Å². The molecule has 8 nitrogen and oxygen atoms in total. The highest BCUT2D eigenvalue weighted by Gasteiger charge is 2.52. The molecule has 2 aromatic carbocycles. The van der Waals surface area contributed by atoms with Crippen LogP contribution in [-0.2, 0) is 31.9 Å². The molecular formula is C29H39BN2O6. The molecule has 0 saturated carbocycles. The first kappa shape index (κ1) is 29.3. The van der Waals surface area contributed by atoms with Crippen LogP contribution in [0.3, 0.4) is 0 Å². The number of amides is 2. The highest BCUT2D eigenvalue weighted by Crippen LogP contribution is 2.38. The molecule has 1 fully saturated rings. The normalized spacial score (nSPS) is 16.6. The average Bonchev–Trinajstić information content (AvgIpc) is 3.05. The molecule has 1 saturated heterocycles. The maximum absolute atomic E-state index is 12.5. The Morgan fingerprint density at radius 1 is 0.895 bits per heavy atom. The predicted molar refractivity (Wildman–Crippen MR) is 148 cm³/mol. The molecule has 0 atom stereocenters. The van der Waals surface area contributed by atoms with Gasteiger partial charge in [0.15, 0.2) is 0 Å². The van der Waals surface area contributed by atoms with Gasteiger partial charge in [-0.15, -0.1) is 0 Å². The molecule has 1 aliphatic rings. The van der Waals surface area contributed by atoms with E-state index in [1.807, 2.05) is 109 Å². The smallest absolute Gasteiger partial charge is 0.445 e. The number of hydrogen-bond donors (Lipinski definition) is 2. The van der Waals surface area contributed by atoms with E-state index in [0.717, 1.165) is 22.2 Å². The van der Waals surface area contributed by atoms with E-state index in [1.54, 1.807) is 0 Å². The zero-order valence-corrected chi connectivity index (χ0v) is 23.4. The van der Waals surface area contributed by atoms with Gasteiger partial charge in [0.25, 0.3) is 0 Å². The lowest BCUT2D eigenvalue weighted by Crippen LogP contribution is -2.41. The quantitative estimate of drug-likeness (QED) is 0.435. The topological polar surface area (TPSA) is 95.1 Å². The minimum atomic E-state index is -0.655. The largest absolute Gasteiger partial charge is 0.492 e. The second-order valence-corrected chi connectivity index (χ2v) is 11.3. The maximum atomic E-state index is 12.5. The summed E-state index contributed by atoms with van der Waals surface area (Å²) in [4.78, 5) is 24.5. The van der Waals surface area contributed by atoms with Crippen molar-refractivity contribution in [2.24, 2.45) is 0 Å². The van der Waals surface area contributed by atoms with Crippen LogP contribution < -0.4 is 10.6 Å². The Labute approximate surface area is 226 Å². The molecule has 2 aromatic rings. The van der Waals surface area contributed by atoms with Crippen LogP contribution in [0.15, 0.2) is 60.1 Å². The van der Waals surface area contributed by atoms with E-state index in [2.05, 4.69) is 10.6 Å². The SMILES string of the molecule is CC(C)(C)OC(=O)NCc1cccc(C=C(CNC(=O)OCc2ccccc2)B2OC(C)(C)C(C)(C)O2)c1. The van der Waals surface area contributed by atoms with Crippen LogP contribution in [0.25, 0.3) is 6.08 Å². The van der Waals surface area contributed by atoms with Crippen molar-refractivity contribution in [2.45, 2.75) is 78.4 Å². The van der Waals surface area contributed by atoms with Gasteiger partial charge < -0.3 is 29.4 Å². The summed E-state index contributed by atoms with van der Waals surface area (Å²) in [7, 11) is -0.655. The van der Waals surface area contributed by atoms with Gasteiger partial charge in [-0.1, -0.05) is 60.7 Å². The summed E-state index contributed by atoms with van der Waals surface area (Å²) in [5, 5.41) is 5.59. The maximum Gasteiger partial charge on any atom is 0.492 e. The van der Waals surface area contributed by atoms with Gasteiger partial charge in [-0.2, -0.15) is 0 Å². The first-order valence-electron chi connectivity index (χ1n) is 12.8. The number of ether oxygens (including phenoxy) is 2. The Balaban J connectivity index is 1.72. The van der Waals surface area contributed by atoms with Gasteiger partial charge in [0.1, 0.15) is 12.2 Å². The summed E-state index contributed by atoms with van der Waals surface area (Å²) in [6.07, 6.45) is 0.914. The molecule has 0 aromatic heterocycles. The standard InChI is InChI=1S/C29H39BN2O6/c1-27(2,3)36-26(34)31-18-23-15-11-14-22(16-23)17-24(30-37-28(4,5)29(6,7)38-30)19-32-25(33)35-20-21-12-9-8-10-13-21/h8-17H,18-20H2,1-7H3,(H,31,34)(H,32,33). The van der Waals surface area contributed by atoms with E-state index >= 15 is 0 Å². The van der Waals surface area contributed by atoms with Crippen molar-refractivity contribution in [1.82, 2.24) is 10.6 Å². The Morgan fingerprint density at radius 2 is 1.53 bits per heavy atom. The Morgan fingerprint density at radius 3 is 2.16 bits per heavy atom. The lowest BCUT2D eigenvalue weighted by Gasteiger charge is -2.32. The molecule has 2 amide bonds. The van der Waals surface area contributed by atoms with E-state index in [0.29, 0.717) is 6.54 Å². The fourth-order valence-electron chi connectivity index (χ4n) is 3.64. The molecule has 0 bridgehead atoms. The van der Waals surface area contributed by atoms with Crippen LogP contribution in [0, 0.1) is 0 Å². The summed E-state index contributed by atoms with van der Waals surface area (Å²) in [5.41, 5.74) is 1.76. The Hall–Kier alpha value is -3.30. The number of alkyl carbamates (subject to hydrolysis) is 2. The van der Waals surface area contributed by atoms with Crippen LogP contribution >= 0.6 is 0 Å². The van der Waals surface area contributed by atoms with Crippen LogP contribution in [0.2, 0.25) is 0 Å². The summed E-state index contributed by atoms with van der Waals surface area (Å²) < 4.78 is 23.2. The van der Waals surface area contributed by atoms with Crippen molar-refractivity contribution in [3.8, 4) is 0 Å². The minimum absolute atomic E-state index is 0.171. The lowest BCUT2D eigenvalue weighted by molar-refractivity contribution is 0.00578. The first-order chi connectivity index (χ1) is 17.7. The molecule has 2 N–H and O–H groups in total. The molecule has 3 rings (SSSR count). The van der Waals surface area contributed by atoms with Crippen molar-refractivity contribution in [3.63, 3.8) is 0 Å². The number of benzene rings is 2. The van der Waals surface area contributed by atoms with Gasteiger partial charge in [0, 0.05) is 13.1 Å². The number of rotatable bonds is 8. The molecular weight excluding hydrogens is 483 g/mol. The van der Waals surface area contributed by atoms with Gasteiger partial charge in [-0.05, 0) is 70.6 Å². The van der Waals surface area contributed by atoms with Gasteiger partial charge >= 0.3 is 19.3 Å². The fraction of sp³-hybridized carbons (Fsp3) is 0.448. The summed E-state index contributed by atoms with van der Waals surface area (Å²) in [6, 6.07) is 17.2. The molecule has 9 heteroatoms. The average molecular weight is 522 g/mol. The van der Waals surface area contributed by atoms with E-state index in [4.69, 9.17) is 18.8 Å². The van der Waals surface area contributed by atoms with Crippen LogP contribution in [0.5, 0.6) is 0 Å². The fourth-order valence-corrected chi connectivity index (χ4v) is 3.64. The van der Waals surface area contributed by atoms with Gasteiger partial charge in [0.2, 0.25) is 0 Å². The second-order valence-electron chi connectivity index (χ2n) is 11.3. The van der Waals surface area contributed by atoms with E-state index < -0.39 is 36.1 Å². The monoisotopic (exact) mass is 522 g/mol. The van der Waals surface area contributed by atoms with Crippen molar-refractivity contribution in [2.75, 3.05) is 6.54 Å². The second kappa shape index (κ2) is 12.0. The molecule has 38 heavy (non-hydrogen) atoms. The predicted octanol–water partition coefficient (Wildman–Crippen LogP) is 5.65. The van der Waals surface area contributed by atoms with Crippen LogP contribution in [0.4, 0.5) is 9.59 Å². The van der Waals surface area contributed by atoms with Gasteiger partial charge in [-0.25, -0.2) is 9.59 Å². The number of hydrogen-bond acceptors (Lipinski definition) is 6. The zero-order valence-electron chi connectivity index (χ0n) is 23.4. The number of nitrogens with one attached hydrogen (secondary N) is 2. The highest BCUT2D eigenvalue weighted by molar-refractivity contribution is 6.56. The molecule has 0 aliphatic carbocycles. The minimum Gasteiger partial charge on any atom is -0.445 e. The van der Waals surface area contributed by atoms with Crippen molar-refractivity contribution in [1.29, 1.82) is 0 Å². The molecule has 1 heterocycles. The summed E-state index contributed by atoms with van der Waals surface area (Å²) >= 11 is 0. The lowest BCUT2D eigenvalue weighted by atomic mass is 9.77. The third kappa shape index (κ3) is 8.63. The number of carbonyl (C=O) groups excluding carboxylic acids is 2. The first-order valence-corrected chi connectivity index (χ1v) is 12.8. The third-order valence-electron chi connectivity index (χ3n) is 6.34. The molecule has 0 spiro atoms. The van der Waals surface area contributed by atoms with Crippen molar-refractivity contribution in [3.05, 3.63) is 76.8 Å². The highest BCUT2D eigenvalue weighted by atomic mass is 16.7. The molecule has 0 unspecified atom stereocenters. The van der Waals surface area contributed by atoms with Gasteiger partial charge in [-0.3, -0.25) is 0 Å². The molecule has 204 valence electrons. The zero-order chi connectivity index (χ0) is 28.0. The van der Waals surface area contributed by atoms with E-state index in [9.17, 15) is 9.59 Å². The Bertz CT molecular complexity index is 1130. The summed E-state index contributed by atoms with van der Waals surface area (Å²) in [6.45, 7) is 14.0. The molecule has 1 aliphatic heterocycles.